The Bertz CT molecular complexity index is 694. The SMILES string of the molecule is COc1ccc(Cl)c(OC)c1Oc1nc(C)cc(Br)c1OC. The van der Waals surface area contributed by atoms with Gasteiger partial charge in [-0.1, -0.05) is 11.6 Å². The van der Waals surface area contributed by atoms with Gasteiger partial charge in [-0.2, -0.15) is 0 Å². The van der Waals surface area contributed by atoms with Gasteiger partial charge in [0.2, 0.25) is 5.75 Å². The largest absolute Gasteiger partial charge is 0.493 e. The molecule has 0 amide bonds. The third-order valence-corrected chi connectivity index (χ3v) is 3.77. The van der Waals surface area contributed by atoms with Crippen molar-refractivity contribution in [2.45, 2.75) is 6.92 Å². The van der Waals surface area contributed by atoms with Gasteiger partial charge in [0, 0.05) is 5.69 Å². The number of pyridine rings is 1. The van der Waals surface area contributed by atoms with Crippen LogP contribution in [0, 0.1) is 6.92 Å². The van der Waals surface area contributed by atoms with Crippen molar-refractivity contribution in [3.8, 4) is 28.9 Å². The van der Waals surface area contributed by atoms with Crippen LogP contribution < -0.4 is 18.9 Å². The van der Waals surface area contributed by atoms with Gasteiger partial charge in [-0.05, 0) is 41.1 Å². The minimum atomic E-state index is 0.285. The van der Waals surface area contributed by atoms with Gasteiger partial charge in [0.1, 0.15) is 0 Å². The van der Waals surface area contributed by atoms with Gasteiger partial charge in [-0.3, -0.25) is 0 Å². The van der Waals surface area contributed by atoms with E-state index in [2.05, 4.69) is 20.9 Å². The van der Waals surface area contributed by atoms with Gasteiger partial charge in [0.05, 0.1) is 30.8 Å². The van der Waals surface area contributed by atoms with Crippen LogP contribution in [0.5, 0.6) is 28.9 Å². The van der Waals surface area contributed by atoms with Crippen molar-refractivity contribution in [1.29, 1.82) is 0 Å². The molecule has 0 saturated heterocycles. The predicted molar refractivity (Wildman–Crippen MR) is 87.9 cm³/mol. The molecule has 5 nitrogen and oxygen atoms in total. The van der Waals surface area contributed by atoms with Crippen LogP contribution in [0.3, 0.4) is 0 Å². The van der Waals surface area contributed by atoms with Crippen molar-refractivity contribution in [2.24, 2.45) is 0 Å². The number of methoxy groups -OCH3 is 3. The lowest BCUT2D eigenvalue weighted by molar-refractivity contribution is 0.325. The molecule has 7 heteroatoms. The number of aryl methyl sites for hydroxylation is 1. The molecule has 2 rings (SSSR count). The molecule has 0 radical (unpaired) electrons. The molecular weight excluding hydrogens is 374 g/mol. The van der Waals surface area contributed by atoms with Crippen LogP contribution in [-0.2, 0) is 0 Å². The molecule has 0 aliphatic carbocycles. The highest BCUT2D eigenvalue weighted by Crippen LogP contribution is 2.46. The molecule has 0 N–H and O–H groups in total. The summed E-state index contributed by atoms with van der Waals surface area (Å²) >= 11 is 9.56. The molecule has 0 atom stereocenters. The lowest BCUT2D eigenvalue weighted by Crippen LogP contribution is -2.00. The summed E-state index contributed by atoms with van der Waals surface area (Å²) in [5.41, 5.74) is 0.766. The summed E-state index contributed by atoms with van der Waals surface area (Å²) in [5, 5.41) is 0.406. The van der Waals surface area contributed by atoms with E-state index in [9.17, 15) is 0 Å². The van der Waals surface area contributed by atoms with E-state index in [0.29, 0.717) is 28.0 Å². The third-order valence-electron chi connectivity index (χ3n) is 2.88. The molecule has 22 heavy (non-hydrogen) atoms. The van der Waals surface area contributed by atoms with E-state index in [1.165, 1.54) is 21.3 Å². The molecule has 118 valence electrons. The highest BCUT2D eigenvalue weighted by atomic mass is 79.9. The van der Waals surface area contributed by atoms with Gasteiger partial charge >= 0.3 is 0 Å². The summed E-state index contributed by atoms with van der Waals surface area (Å²) in [5.74, 6) is 1.92. The molecule has 1 aromatic heterocycles. The molecule has 0 aliphatic rings. The van der Waals surface area contributed by atoms with Gasteiger partial charge in [0.15, 0.2) is 17.2 Å². The zero-order valence-corrected chi connectivity index (χ0v) is 14.9. The van der Waals surface area contributed by atoms with Gasteiger partial charge in [-0.15, -0.1) is 0 Å². The van der Waals surface area contributed by atoms with Gasteiger partial charge in [0.25, 0.3) is 5.88 Å². The molecule has 1 aromatic carbocycles. The van der Waals surface area contributed by atoms with Crippen LogP contribution in [0.2, 0.25) is 5.02 Å². The normalized spacial score (nSPS) is 10.3. The van der Waals surface area contributed by atoms with Crippen molar-refractivity contribution >= 4 is 27.5 Å². The smallest absolute Gasteiger partial charge is 0.264 e. The van der Waals surface area contributed by atoms with Crippen LogP contribution in [0.15, 0.2) is 22.7 Å². The third kappa shape index (κ3) is 3.23. The first-order chi connectivity index (χ1) is 10.5. The molecule has 0 saturated carbocycles. The van der Waals surface area contributed by atoms with Crippen LogP contribution in [-0.4, -0.2) is 26.3 Å². The van der Waals surface area contributed by atoms with Gasteiger partial charge < -0.3 is 18.9 Å². The zero-order valence-electron chi connectivity index (χ0n) is 12.6. The Morgan fingerprint density at radius 2 is 1.68 bits per heavy atom. The Labute approximate surface area is 142 Å². The minimum absolute atomic E-state index is 0.285. The molecule has 2 aromatic rings. The molecule has 1 heterocycles. The van der Waals surface area contributed by atoms with Crippen molar-refractivity contribution in [3.63, 3.8) is 0 Å². The minimum Gasteiger partial charge on any atom is -0.493 e. The summed E-state index contributed by atoms with van der Waals surface area (Å²) in [6, 6.07) is 5.19. The fourth-order valence-corrected chi connectivity index (χ4v) is 2.80. The number of nitrogens with zero attached hydrogens (tertiary/aromatic N) is 1. The molecular formula is C15H15BrClNO4. The molecule has 0 bridgehead atoms. The maximum atomic E-state index is 6.14. The Balaban J connectivity index is 2.58. The van der Waals surface area contributed by atoms with Crippen molar-refractivity contribution in [3.05, 3.63) is 33.4 Å². The summed E-state index contributed by atoms with van der Waals surface area (Å²) < 4.78 is 22.6. The average molecular weight is 389 g/mol. The predicted octanol–water partition coefficient (Wildman–Crippen LogP) is 4.62. The number of benzene rings is 1. The lowest BCUT2D eigenvalue weighted by atomic mass is 10.3. The van der Waals surface area contributed by atoms with E-state index in [1.54, 1.807) is 12.1 Å². The number of hydrogen-bond acceptors (Lipinski definition) is 5. The fraction of sp³-hybridized carbons (Fsp3) is 0.267. The zero-order chi connectivity index (χ0) is 16.3. The first-order valence-corrected chi connectivity index (χ1v) is 7.48. The van der Waals surface area contributed by atoms with E-state index in [1.807, 2.05) is 13.0 Å². The highest BCUT2D eigenvalue weighted by Gasteiger charge is 2.20. The van der Waals surface area contributed by atoms with Crippen LogP contribution in [0.4, 0.5) is 0 Å². The summed E-state index contributed by atoms with van der Waals surface area (Å²) in [6.07, 6.45) is 0. The second-order valence-corrected chi connectivity index (χ2v) is 5.56. The van der Waals surface area contributed by atoms with Crippen LogP contribution in [0.25, 0.3) is 0 Å². The maximum absolute atomic E-state index is 6.14. The quantitative estimate of drug-likeness (QED) is 0.748. The number of hydrogen-bond donors (Lipinski definition) is 0. The standard InChI is InChI=1S/C15H15BrClNO4/c1-8-7-9(16)12(20-3)15(18-8)22-14-11(19-2)6-5-10(17)13(14)21-4/h5-7H,1-4H3. The van der Waals surface area contributed by atoms with E-state index < -0.39 is 0 Å². The summed E-state index contributed by atoms with van der Waals surface area (Å²) in [7, 11) is 4.58. The van der Waals surface area contributed by atoms with E-state index in [0.717, 1.165) is 10.2 Å². The second kappa shape index (κ2) is 7.07. The Morgan fingerprint density at radius 1 is 1.00 bits per heavy atom. The molecule has 0 unspecified atom stereocenters. The maximum Gasteiger partial charge on any atom is 0.264 e. The van der Waals surface area contributed by atoms with Crippen molar-refractivity contribution in [1.82, 2.24) is 4.98 Å². The molecule has 0 aliphatic heterocycles. The number of ether oxygens (including phenoxy) is 4. The number of halogens is 2. The lowest BCUT2D eigenvalue weighted by Gasteiger charge is -2.16. The Hall–Kier alpha value is -1.66. The van der Waals surface area contributed by atoms with E-state index in [-0.39, 0.29) is 5.88 Å². The van der Waals surface area contributed by atoms with Crippen LogP contribution in [0.1, 0.15) is 5.69 Å². The first kappa shape index (κ1) is 16.7. The number of rotatable bonds is 5. The fourth-order valence-electron chi connectivity index (χ4n) is 1.91. The van der Waals surface area contributed by atoms with E-state index in [4.69, 9.17) is 30.5 Å². The second-order valence-electron chi connectivity index (χ2n) is 4.30. The monoisotopic (exact) mass is 387 g/mol. The Morgan fingerprint density at radius 3 is 2.27 bits per heavy atom. The first-order valence-electron chi connectivity index (χ1n) is 6.31. The number of aromatic nitrogens is 1. The van der Waals surface area contributed by atoms with Crippen LogP contribution >= 0.6 is 27.5 Å². The Kier molecular flexibility index (Phi) is 5.37. The molecule has 0 spiro atoms. The topological polar surface area (TPSA) is 49.8 Å². The average Bonchev–Trinajstić information content (AvgIpc) is 2.47. The van der Waals surface area contributed by atoms with E-state index >= 15 is 0 Å². The van der Waals surface area contributed by atoms with Crippen molar-refractivity contribution < 1.29 is 18.9 Å². The van der Waals surface area contributed by atoms with Crippen molar-refractivity contribution in [2.75, 3.05) is 21.3 Å². The molecule has 0 fully saturated rings. The summed E-state index contributed by atoms with van der Waals surface area (Å²) in [6.45, 7) is 1.85. The highest BCUT2D eigenvalue weighted by molar-refractivity contribution is 9.10. The van der Waals surface area contributed by atoms with Gasteiger partial charge in [-0.25, -0.2) is 4.98 Å². The summed E-state index contributed by atoms with van der Waals surface area (Å²) in [4.78, 5) is 4.35.